The highest BCUT2D eigenvalue weighted by Crippen LogP contribution is 2.31. The Morgan fingerprint density at radius 2 is 2.00 bits per heavy atom. The van der Waals surface area contributed by atoms with Gasteiger partial charge in [-0.15, -0.1) is 0 Å². The fourth-order valence-corrected chi connectivity index (χ4v) is 2.06. The van der Waals surface area contributed by atoms with Gasteiger partial charge in [0.25, 0.3) is 5.22 Å². The molecule has 0 fully saturated rings. The quantitative estimate of drug-likeness (QED) is 0.792. The van der Waals surface area contributed by atoms with E-state index in [4.69, 9.17) is 16.0 Å². The second-order valence-corrected chi connectivity index (χ2v) is 4.57. The molecule has 0 saturated carbocycles. The van der Waals surface area contributed by atoms with Crippen LogP contribution in [0, 0.1) is 6.92 Å². The Balaban J connectivity index is 2.31. The van der Waals surface area contributed by atoms with Crippen molar-refractivity contribution in [3.8, 4) is 0 Å². The first-order valence-electron chi connectivity index (χ1n) is 4.56. The molecule has 2 rings (SSSR count). The van der Waals surface area contributed by atoms with E-state index in [-0.39, 0.29) is 15.4 Å². The summed E-state index contributed by atoms with van der Waals surface area (Å²) in [4.78, 5) is 10.4. The van der Waals surface area contributed by atoms with Gasteiger partial charge in [-0.05, 0) is 18.7 Å². The van der Waals surface area contributed by atoms with E-state index < -0.39 is 12.0 Å². The Labute approximate surface area is 109 Å². The summed E-state index contributed by atoms with van der Waals surface area (Å²) in [5.74, 6) is -1.29. The smallest absolute Gasteiger partial charge is 0.439 e. The molecule has 9 heteroatoms. The third kappa shape index (κ3) is 3.14. The van der Waals surface area contributed by atoms with Gasteiger partial charge in [-0.3, -0.25) is 0 Å². The van der Waals surface area contributed by atoms with Gasteiger partial charge in [-0.2, -0.15) is 13.2 Å². The Hall–Kier alpha value is -1.28. The maximum absolute atomic E-state index is 12.5. The highest BCUT2D eigenvalue weighted by Gasteiger charge is 2.35. The monoisotopic (exact) mass is 295 g/mol. The standard InChI is InChI=1S/C9H5ClF3N3OS/c1-4-3-17-8(14-4)18-6-2-5(10)15-7(16-6)9(11,12)13/h2-3H,1H3. The van der Waals surface area contributed by atoms with Crippen LogP contribution >= 0.6 is 23.4 Å². The molecule has 0 aromatic carbocycles. The molecule has 0 unspecified atom stereocenters. The van der Waals surface area contributed by atoms with Crippen molar-refractivity contribution in [3.05, 3.63) is 29.0 Å². The zero-order valence-corrected chi connectivity index (χ0v) is 10.4. The van der Waals surface area contributed by atoms with Crippen LogP contribution in [0.25, 0.3) is 0 Å². The van der Waals surface area contributed by atoms with Crippen molar-refractivity contribution >= 4 is 23.4 Å². The lowest BCUT2D eigenvalue weighted by atomic mass is 10.5. The normalized spacial score (nSPS) is 11.8. The maximum atomic E-state index is 12.5. The van der Waals surface area contributed by atoms with E-state index in [1.807, 2.05) is 0 Å². The summed E-state index contributed by atoms with van der Waals surface area (Å²) < 4.78 is 42.4. The largest absolute Gasteiger partial charge is 0.451 e. The van der Waals surface area contributed by atoms with Crippen molar-refractivity contribution in [2.75, 3.05) is 0 Å². The number of halogens is 4. The molecule has 0 bridgehead atoms. The van der Waals surface area contributed by atoms with E-state index in [0.29, 0.717) is 5.69 Å². The number of rotatable bonds is 2. The fraction of sp³-hybridized carbons (Fsp3) is 0.222. The lowest BCUT2D eigenvalue weighted by molar-refractivity contribution is -0.145. The Morgan fingerprint density at radius 1 is 1.28 bits per heavy atom. The molecule has 4 nitrogen and oxygen atoms in total. The van der Waals surface area contributed by atoms with Gasteiger partial charge in [0.15, 0.2) is 0 Å². The Kier molecular flexibility index (Phi) is 3.49. The highest BCUT2D eigenvalue weighted by atomic mass is 35.5. The number of nitrogens with zero attached hydrogens (tertiary/aromatic N) is 3. The molecule has 0 atom stereocenters. The third-order valence-electron chi connectivity index (χ3n) is 1.71. The minimum Gasteiger partial charge on any atom is -0.439 e. The SMILES string of the molecule is Cc1coc(Sc2cc(Cl)nc(C(F)(F)F)n2)n1. The van der Waals surface area contributed by atoms with Crippen molar-refractivity contribution < 1.29 is 17.6 Å². The summed E-state index contributed by atoms with van der Waals surface area (Å²) >= 11 is 6.35. The third-order valence-corrected chi connectivity index (χ3v) is 2.69. The predicted octanol–water partition coefficient (Wildman–Crippen LogP) is 3.60. The number of aromatic nitrogens is 3. The second kappa shape index (κ2) is 4.77. The van der Waals surface area contributed by atoms with Gasteiger partial charge in [-0.1, -0.05) is 11.6 Å². The molecule has 0 amide bonds. The lowest BCUT2D eigenvalue weighted by Crippen LogP contribution is -2.11. The molecule has 18 heavy (non-hydrogen) atoms. The Bertz CT molecular complexity index is 572. The van der Waals surface area contributed by atoms with E-state index >= 15 is 0 Å². The molecule has 0 aliphatic heterocycles. The second-order valence-electron chi connectivity index (χ2n) is 3.21. The fourth-order valence-electron chi connectivity index (χ4n) is 1.04. The first-order valence-corrected chi connectivity index (χ1v) is 5.76. The zero-order chi connectivity index (χ0) is 13.3. The van der Waals surface area contributed by atoms with Crippen LogP contribution in [0.1, 0.15) is 11.5 Å². The molecule has 2 aromatic heterocycles. The number of oxazole rings is 1. The summed E-state index contributed by atoms with van der Waals surface area (Å²) in [5, 5.41) is -0.0809. The van der Waals surface area contributed by atoms with Crippen molar-refractivity contribution in [3.63, 3.8) is 0 Å². The molecular weight excluding hydrogens is 291 g/mol. The topological polar surface area (TPSA) is 51.8 Å². The number of hydrogen-bond donors (Lipinski definition) is 0. The average molecular weight is 296 g/mol. The maximum Gasteiger partial charge on any atom is 0.451 e. The molecule has 0 aliphatic rings. The van der Waals surface area contributed by atoms with Crippen LogP contribution in [-0.2, 0) is 6.18 Å². The molecule has 2 heterocycles. The van der Waals surface area contributed by atoms with Gasteiger partial charge in [0.1, 0.15) is 16.4 Å². The summed E-state index contributed by atoms with van der Waals surface area (Å²) in [6, 6.07) is 1.21. The summed E-state index contributed by atoms with van der Waals surface area (Å²) in [7, 11) is 0. The van der Waals surface area contributed by atoms with Gasteiger partial charge in [0.05, 0.1) is 5.69 Å². The van der Waals surface area contributed by atoms with Crippen LogP contribution < -0.4 is 0 Å². The predicted molar refractivity (Wildman–Crippen MR) is 57.4 cm³/mol. The van der Waals surface area contributed by atoms with Crippen molar-refractivity contribution in [1.29, 1.82) is 0 Å². The van der Waals surface area contributed by atoms with E-state index in [9.17, 15) is 13.2 Å². The molecular formula is C9H5ClF3N3OS. The van der Waals surface area contributed by atoms with Crippen molar-refractivity contribution in [2.24, 2.45) is 0 Å². The van der Waals surface area contributed by atoms with Gasteiger partial charge >= 0.3 is 6.18 Å². The van der Waals surface area contributed by atoms with Crippen LogP contribution in [0.2, 0.25) is 5.15 Å². The zero-order valence-electron chi connectivity index (χ0n) is 8.82. The van der Waals surface area contributed by atoms with Gasteiger partial charge in [-0.25, -0.2) is 15.0 Å². The molecule has 0 saturated heterocycles. The van der Waals surface area contributed by atoms with E-state index in [1.54, 1.807) is 6.92 Å². The van der Waals surface area contributed by atoms with Crippen LogP contribution in [0.3, 0.4) is 0 Å². The van der Waals surface area contributed by atoms with Crippen LogP contribution in [0.4, 0.5) is 13.2 Å². The highest BCUT2D eigenvalue weighted by molar-refractivity contribution is 7.99. The van der Waals surface area contributed by atoms with E-state index in [0.717, 1.165) is 11.8 Å². The summed E-state index contributed by atoms with van der Waals surface area (Å²) in [6.07, 6.45) is -3.26. The first-order chi connectivity index (χ1) is 8.34. The lowest BCUT2D eigenvalue weighted by Gasteiger charge is -2.06. The molecule has 0 radical (unpaired) electrons. The van der Waals surface area contributed by atoms with Gasteiger partial charge in [0, 0.05) is 6.07 Å². The van der Waals surface area contributed by atoms with E-state index in [2.05, 4.69) is 15.0 Å². The minimum atomic E-state index is -4.65. The molecule has 0 spiro atoms. The molecule has 0 aliphatic carbocycles. The molecule has 96 valence electrons. The number of hydrogen-bond acceptors (Lipinski definition) is 5. The van der Waals surface area contributed by atoms with Gasteiger partial charge < -0.3 is 4.42 Å². The van der Waals surface area contributed by atoms with Crippen LogP contribution in [0.15, 0.2) is 27.0 Å². The number of alkyl halides is 3. The Morgan fingerprint density at radius 3 is 2.56 bits per heavy atom. The van der Waals surface area contributed by atoms with E-state index in [1.165, 1.54) is 12.3 Å². The number of aryl methyl sites for hydroxylation is 1. The first kappa shape index (κ1) is 13.2. The average Bonchev–Trinajstić information content (AvgIpc) is 2.61. The van der Waals surface area contributed by atoms with Crippen LogP contribution in [0.5, 0.6) is 0 Å². The molecule has 2 aromatic rings. The minimum absolute atomic E-state index is 0.0178. The van der Waals surface area contributed by atoms with Crippen molar-refractivity contribution in [2.45, 2.75) is 23.3 Å². The summed E-state index contributed by atoms with van der Waals surface area (Å²) in [6.45, 7) is 1.70. The molecule has 0 N–H and O–H groups in total. The van der Waals surface area contributed by atoms with Crippen LogP contribution in [-0.4, -0.2) is 15.0 Å². The van der Waals surface area contributed by atoms with Crippen molar-refractivity contribution in [1.82, 2.24) is 15.0 Å². The van der Waals surface area contributed by atoms with Gasteiger partial charge in [0.2, 0.25) is 5.82 Å². The summed E-state index contributed by atoms with van der Waals surface area (Å²) in [5.41, 5.74) is 0.619.